The van der Waals surface area contributed by atoms with Gasteiger partial charge in [0.15, 0.2) is 0 Å². The minimum atomic E-state index is -0.274. The maximum Gasteiger partial charge on any atom is 0.234 e. The summed E-state index contributed by atoms with van der Waals surface area (Å²) < 4.78 is 12.8. The van der Waals surface area contributed by atoms with Crippen molar-refractivity contribution in [1.29, 1.82) is 0 Å². The summed E-state index contributed by atoms with van der Waals surface area (Å²) in [6.45, 7) is 1.40. The number of amides is 1. The third-order valence-corrected chi connectivity index (χ3v) is 3.93. The molecule has 0 spiro atoms. The van der Waals surface area contributed by atoms with E-state index in [1.807, 2.05) is 18.3 Å². The van der Waals surface area contributed by atoms with Crippen LogP contribution in [0.25, 0.3) is 10.9 Å². The van der Waals surface area contributed by atoms with E-state index in [0.717, 1.165) is 24.0 Å². The van der Waals surface area contributed by atoms with Gasteiger partial charge in [-0.15, -0.1) is 0 Å². The van der Waals surface area contributed by atoms with Crippen LogP contribution in [0.3, 0.4) is 0 Å². The first-order valence-corrected chi connectivity index (χ1v) is 7.99. The van der Waals surface area contributed by atoms with E-state index in [-0.39, 0.29) is 18.3 Å². The number of carbonyl (C=O) groups excluding carboxylic acids is 1. The summed E-state index contributed by atoms with van der Waals surface area (Å²) in [5.41, 5.74) is 3.25. The number of hydrogen-bond donors (Lipinski definition) is 3. The second kappa shape index (κ2) is 7.75. The van der Waals surface area contributed by atoms with Gasteiger partial charge in [-0.25, -0.2) is 4.39 Å². The SMILES string of the molecule is O=C(CNCCc1c[nH]c2ccccc12)NCc1ccc(F)cc1. The fraction of sp³-hybridized carbons (Fsp3) is 0.211. The number of nitrogens with one attached hydrogen (secondary N) is 3. The molecule has 0 fully saturated rings. The molecule has 3 aromatic rings. The Morgan fingerprint density at radius 2 is 1.88 bits per heavy atom. The number of hydrogen-bond acceptors (Lipinski definition) is 2. The minimum Gasteiger partial charge on any atom is -0.361 e. The molecule has 0 aliphatic heterocycles. The average molecular weight is 325 g/mol. The lowest BCUT2D eigenvalue weighted by Gasteiger charge is -2.07. The Hall–Kier alpha value is -2.66. The van der Waals surface area contributed by atoms with Crippen LogP contribution in [0.4, 0.5) is 4.39 Å². The van der Waals surface area contributed by atoms with E-state index >= 15 is 0 Å². The molecule has 0 bridgehead atoms. The Balaban J connectivity index is 1.38. The molecule has 3 N–H and O–H groups in total. The van der Waals surface area contributed by atoms with Gasteiger partial charge < -0.3 is 15.6 Å². The number of benzene rings is 2. The Labute approximate surface area is 140 Å². The lowest BCUT2D eigenvalue weighted by molar-refractivity contribution is -0.120. The van der Waals surface area contributed by atoms with Crippen molar-refractivity contribution in [3.8, 4) is 0 Å². The van der Waals surface area contributed by atoms with Crippen molar-refractivity contribution < 1.29 is 9.18 Å². The zero-order valence-corrected chi connectivity index (χ0v) is 13.3. The predicted octanol–water partition coefficient (Wildman–Crippen LogP) is 2.76. The molecule has 0 unspecified atom stereocenters. The zero-order valence-electron chi connectivity index (χ0n) is 13.3. The summed E-state index contributed by atoms with van der Waals surface area (Å²) >= 11 is 0. The summed E-state index contributed by atoms with van der Waals surface area (Å²) in [4.78, 5) is 15.0. The van der Waals surface area contributed by atoms with Gasteiger partial charge in [-0.05, 0) is 42.3 Å². The van der Waals surface area contributed by atoms with E-state index in [1.165, 1.54) is 23.1 Å². The third kappa shape index (κ3) is 4.20. The van der Waals surface area contributed by atoms with Crippen LogP contribution in [0.2, 0.25) is 0 Å². The van der Waals surface area contributed by atoms with Crippen LogP contribution in [0.15, 0.2) is 54.7 Å². The van der Waals surface area contributed by atoms with Crippen molar-refractivity contribution in [3.05, 3.63) is 71.7 Å². The quantitative estimate of drug-likeness (QED) is 0.585. The number of H-pyrrole nitrogens is 1. The Morgan fingerprint density at radius 1 is 1.08 bits per heavy atom. The topological polar surface area (TPSA) is 56.9 Å². The maximum absolute atomic E-state index is 12.8. The van der Waals surface area contributed by atoms with Crippen LogP contribution < -0.4 is 10.6 Å². The second-order valence-electron chi connectivity index (χ2n) is 5.69. The van der Waals surface area contributed by atoms with Gasteiger partial charge in [-0.2, -0.15) is 0 Å². The van der Waals surface area contributed by atoms with Crippen molar-refractivity contribution in [2.75, 3.05) is 13.1 Å². The summed E-state index contributed by atoms with van der Waals surface area (Å²) in [5.74, 6) is -0.345. The van der Waals surface area contributed by atoms with Crippen LogP contribution in [0, 0.1) is 5.82 Å². The lowest BCUT2D eigenvalue weighted by Crippen LogP contribution is -2.34. The number of aromatic nitrogens is 1. The molecule has 1 heterocycles. The number of halogens is 1. The minimum absolute atomic E-state index is 0.0711. The summed E-state index contributed by atoms with van der Waals surface area (Å²) in [6, 6.07) is 14.3. The third-order valence-electron chi connectivity index (χ3n) is 3.93. The summed E-state index contributed by atoms with van der Waals surface area (Å²) in [5, 5.41) is 7.18. The smallest absolute Gasteiger partial charge is 0.234 e. The zero-order chi connectivity index (χ0) is 16.8. The second-order valence-corrected chi connectivity index (χ2v) is 5.69. The van der Waals surface area contributed by atoms with E-state index in [0.29, 0.717) is 6.54 Å². The molecule has 5 heteroatoms. The van der Waals surface area contributed by atoms with Gasteiger partial charge in [0.2, 0.25) is 5.91 Å². The Morgan fingerprint density at radius 3 is 2.71 bits per heavy atom. The van der Waals surface area contributed by atoms with Gasteiger partial charge in [0.1, 0.15) is 5.82 Å². The first-order chi connectivity index (χ1) is 11.7. The predicted molar refractivity (Wildman–Crippen MR) is 93.1 cm³/mol. The fourth-order valence-corrected chi connectivity index (χ4v) is 2.63. The first kappa shape index (κ1) is 16.2. The molecule has 0 radical (unpaired) electrons. The number of fused-ring (bicyclic) bond motifs is 1. The van der Waals surface area contributed by atoms with E-state index in [1.54, 1.807) is 12.1 Å². The number of aromatic amines is 1. The van der Waals surface area contributed by atoms with Crippen LogP contribution in [0.1, 0.15) is 11.1 Å². The summed E-state index contributed by atoms with van der Waals surface area (Å²) in [7, 11) is 0. The van der Waals surface area contributed by atoms with Crippen LogP contribution >= 0.6 is 0 Å². The van der Waals surface area contributed by atoms with Crippen molar-refractivity contribution in [3.63, 3.8) is 0 Å². The highest BCUT2D eigenvalue weighted by Gasteiger charge is 2.04. The molecule has 3 rings (SSSR count). The molecule has 124 valence electrons. The first-order valence-electron chi connectivity index (χ1n) is 7.99. The standard InChI is InChI=1S/C19H20FN3O/c20-16-7-5-14(6-8-16)11-23-19(24)13-21-10-9-15-12-22-18-4-2-1-3-17(15)18/h1-8,12,21-22H,9-11,13H2,(H,23,24). The average Bonchev–Trinajstić information content (AvgIpc) is 3.01. The molecule has 0 aliphatic carbocycles. The fourth-order valence-electron chi connectivity index (χ4n) is 2.63. The van der Waals surface area contributed by atoms with Gasteiger partial charge >= 0.3 is 0 Å². The molecular weight excluding hydrogens is 305 g/mol. The Bertz CT molecular complexity index is 811. The van der Waals surface area contributed by atoms with E-state index in [4.69, 9.17) is 0 Å². The van der Waals surface area contributed by atoms with Crippen molar-refractivity contribution in [1.82, 2.24) is 15.6 Å². The molecule has 4 nitrogen and oxygen atoms in total. The molecule has 0 saturated carbocycles. The van der Waals surface area contributed by atoms with Gasteiger partial charge in [-0.3, -0.25) is 4.79 Å². The number of para-hydroxylation sites is 1. The Kier molecular flexibility index (Phi) is 5.23. The molecular formula is C19H20FN3O. The highest BCUT2D eigenvalue weighted by Crippen LogP contribution is 2.17. The number of carbonyl (C=O) groups is 1. The maximum atomic E-state index is 12.8. The number of rotatable bonds is 7. The normalized spacial score (nSPS) is 10.9. The largest absolute Gasteiger partial charge is 0.361 e. The lowest BCUT2D eigenvalue weighted by atomic mass is 10.1. The monoisotopic (exact) mass is 325 g/mol. The van der Waals surface area contributed by atoms with Gasteiger partial charge in [0, 0.05) is 23.6 Å². The van der Waals surface area contributed by atoms with Crippen LogP contribution in [0.5, 0.6) is 0 Å². The van der Waals surface area contributed by atoms with Gasteiger partial charge in [0.25, 0.3) is 0 Å². The van der Waals surface area contributed by atoms with Crippen LogP contribution in [-0.2, 0) is 17.8 Å². The van der Waals surface area contributed by atoms with Crippen molar-refractivity contribution in [2.24, 2.45) is 0 Å². The molecule has 0 saturated heterocycles. The van der Waals surface area contributed by atoms with E-state index in [9.17, 15) is 9.18 Å². The van der Waals surface area contributed by atoms with E-state index < -0.39 is 0 Å². The van der Waals surface area contributed by atoms with Crippen molar-refractivity contribution in [2.45, 2.75) is 13.0 Å². The van der Waals surface area contributed by atoms with E-state index in [2.05, 4.69) is 27.8 Å². The highest BCUT2D eigenvalue weighted by atomic mass is 19.1. The van der Waals surface area contributed by atoms with Crippen LogP contribution in [-0.4, -0.2) is 24.0 Å². The highest BCUT2D eigenvalue weighted by molar-refractivity contribution is 5.83. The van der Waals surface area contributed by atoms with Crippen molar-refractivity contribution >= 4 is 16.8 Å². The molecule has 24 heavy (non-hydrogen) atoms. The molecule has 1 aromatic heterocycles. The molecule has 2 aromatic carbocycles. The molecule has 0 atom stereocenters. The van der Waals surface area contributed by atoms with Gasteiger partial charge in [0.05, 0.1) is 6.54 Å². The summed E-state index contributed by atoms with van der Waals surface area (Å²) in [6.07, 6.45) is 2.87. The molecule has 0 aliphatic rings. The van der Waals surface area contributed by atoms with Gasteiger partial charge in [-0.1, -0.05) is 30.3 Å². The molecule has 1 amide bonds.